The summed E-state index contributed by atoms with van der Waals surface area (Å²) in [6, 6.07) is 12.6. The average molecular weight is 389 g/mol. The van der Waals surface area contributed by atoms with E-state index in [1.165, 1.54) is 12.0 Å². The number of piperidine rings is 1. The molecule has 0 bridgehead atoms. The minimum Gasteiger partial charge on any atom is -0.354 e. The molecule has 5 nitrogen and oxygen atoms in total. The number of carbonyl (C=O) groups excluding carboxylic acids is 1. The molecule has 1 aliphatic heterocycles. The van der Waals surface area contributed by atoms with Crippen LogP contribution in [0.4, 0.5) is 11.4 Å². The van der Waals surface area contributed by atoms with Crippen molar-refractivity contribution in [3.63, 3.8) is 0 Å². The van der Waals surface area contributed by atoms with Gasteiger partial charge in [0, 0.05) is 35.6 Å². The lowest BCUT2D eigenvalue weighted by atomic mass is 10.0. The Labute approximate surface area is 172 Å². The Hall–Kier alpha value is -2.95. The first-order chi connectivity index (χ1) is 14.1. The lowest BCUT2D eigenvalue weighted by Crippen LogP contribution is -2.42. The van der Waals surface area contributed by atoms with Gasteiger partial charge in [0.15, 0.2) is 5.65 Å². The van der Waals surface area contributed by atoms with Crippen LogP contribution in [0.2, 0.25) is 0 Å². The second kappa shape index (κ2) is 8.19. The van der Waals surface area contributed by atoms with Gasteiger partial charge >= 0.3 is 0 Å². The molecule has 1 fully saturated rings. The van der Waals surface area contributed by atoms with E-state index in [9.17, 15) is 4.79 Å². The van der Waals surface area contributed by atoms with Crippen LogP contribution < -0.4 is 5.32 Å². The van der Waals surface area contributed by atoms with E-state index in [-0.39, 0.29) is 11.9 Å². The molecule has 1 amide bonds. The highest BCUT2D eigenvalue weighted by molar-refractivity contribution is 6.07. The highest BCUT2D eigenvalue weighted by atomic mass is 16.2. The van der Waals surface area contributed by atoms with Crippen LogP contribution in [0.5, 0.6) is 0 Å². The number of nitrogens with zero attached hydrogens (tertiary/aromatic N) is 3. The molecule has 0 unspecified atom stereocenters. The van der Waals surface area contributed by atoms with Crippen molar-refractivity contribution in [1.29, 1.82) is 0 Å². The molecule has 3 heterocycles. The number of nitrogens with one attached hydrogen (secondary N) is 1. The minimum atomic E-state index is 0.0415. The number of aromatic nitrogens is 2. The van der Waals surface area contributed by atoms with E-state index < -0.39 is 0 Å². The Bertz CT molecular complexity index is 1030. The predicted molar refractivity (Wildman–Crippen MR) is 118 cm³/mol. The lowest BCUT2D eigenvalue weighted by molar-refractivity contribution is 0.0636. The molecule has 0 saturated carbocycles. The van der Waals surface area contributed by atoms with Gasteiger partial charge in [0.2, 0.25) is 0 Å². The van der Waals surface area contributed by atoms with E-state index in [1.54, 1.807) is 6.20 Å². The van der Waals surface area contributed by atoms with Gasteiger partial charge in [0.1, 0.15) is 0 Å². The topological polar surface area (TPSA) is 58.1 Å². The number of anilines is 2. The zero-order chi connectivity index (χ0) is 20.4. The van der Waals surface area contributed by atoms with Crippen molar-refractivity contribution >= 4 is 28.3 Å². The van der Waals surface area contributed by atoms with Crippen molar-refractivity contribution in [1.82, 2.24) is 14.9 Å². The SMILES string of the molecule is CCc1ccc(Nc2c(C(=O)N3CCCC[C@@H]3C)cnc3nc(C)ccc23)cc1. The van der Waals surface area contributed by atoms with Gasteiger partial charge < -0.3 is 10.2 Å². The summed E-state index contributed by atoms with van der Waals surface area (Å²) in [7, 11) is 0. The third kappa shape index (κ3) is 3.95. The number of fused-ring (bicyclic) bond motifs is 1. The normalized spacial score (nSPS) is 16.8. The summed E-state index contributed by atoms with van der Waals surface area (Å²) in [6.07, 6.45) is 5.96. The maximum Gasteiger partial charge on any atom is 0.257 e. The third-order valence-corrected chi connectivity index (χ3v) is 5.79. The zero-order valence-electron chi connectivity index (χ0n) is 17.4. The fourth-order valence-electron chi connectivity index (χ4n) is 3.99. The van der Waals surface area contributed by atoms with Crippen molar-refractivity contribution in [2.75, 3.05) is 11.9 Å². The summed E-state index contributed by atoms with van der Waals surface area (Å²) in [5.74, 6) is 0.0415. The highest BCUT2D eigenvalue weighted by Crippen LogP contribution is 2.31. The summed E-state index contributed by atoms with van der Waals surface area (Å²) < 4.78 is 0. The van der Waals surface area contributed by atoms with E-state index in [1.807, 2.05) is 24.0 Å². The Morgan fingerprint density at radius 1 is 1.17 bits per heavy atom. The van der Waals surface area contributed by atoms with Crippen LogP contribution in [0.25, 0.3) is 11.0 Å². The van der Waals surface area contributed by atoms with Crippen molar-refractivity contribution in [2.24, 2.45) is 0 Å². The largest absolute Gasteiger partial charge is 0.354 e. The number of amides is 1. The van der Waals surface area contributed by atoms with Crippen LogP contribution in [-0.4, -0.2) is 33.4 Å². The number of likely N-dealkylation sites (tertiary alicyclic amines) is 1. The number of hydrogen-bond donors (Lipinski definition) is 1. The predicted octanol–water partition coefficient (Wildman–Crippen LogP) is 5.26. The van der Waals surface area contributed by atoms with Gasteiger partial charge in [0.25, 0.3) is 5.91 Å². The Balaban J connectivity index is 1.79. The van der Waals surface area contributed by atoms with Crippen molar-refractivity contribution < 1.29 is 4.79 Å². The van der Waals surface area contributed by atoms with Crippen LogP contribution in [0.3, 0.4) is 0 Å². The lowest BCUT2D eigenvalue weighted by Gasteiger charge is -2.34. The van der Waals surface area contributed by atoms with Gasteiger partial charge in [-0.25, -0.2) is 9.97 Å². The summed E-state index contributed by atoms with van der Waals surface area (Å²) >= 11 is 0. The molecular weight excluding hydrogens is 360 g/mol. The number of pyridine rings is 2. The van der Waals surface area contributed by atoms with Gasteiger partial charge in [-0.2, -0.15) is 0 Å². The second-order valence-corrected chi connectivity index (χ2v) is 7.89. The first-order valence-corrected chi connectivity index (χ1v) is 10.5. The van der Waals surface area contributed by atoms with Gasteiger partial charge in [-0.3, -0.25) is 4.79 Å². The minimum absolute atomic E-state index is 0.0415. The molecular formula is C24H28N4O. The molecule has 0 spiro atoms. The molecule has 1 atom stereocenters. The highest BCUT2D eigenvalue weighted by Gasteiger charge is 2.27. The van der Waals surface area contributed by atoms with Crippen LogP contribution in [0.15, 0.2) is 42.6 Å². The Morgan fingerprint density at radius 2 is 1.97 bits per heavy atom. The number of hydrogen-bond acceptors (Lipinski definition) is 4. The molecule has 150 valence electrons. The van der Waals surface area contributed by atoms with E-state index in [2.05, 4.69) is 53.4 Å². The first kappa shape index (κ1) is 19.4. The second-order valence-electron chi connectivity index (χ2n) is 7.89. The quantitative estimate of drug-likeness (QED) is 0.662. The first-order valence-electron chi connectivity index (χ1n) is 10.5. The van der Waals surface area contributed by atoms with Gasteiger partial charge in [-0.1, -0.05) is 19.1 Å². The van der Waals surface area contributed by atoms with Crippen LogP contribution in [-0.2, 0) is 6.42 Å². The number of aryl methyl sites for hydroxylation is 2. The summed E-state index contributed by atoms with van der Waals surface area (Å²) in [4.78, 5) is 24.5. The molecule has 5 heteroatoms. The van der Waals surface area contributed by atoms with Crippen LogP contribution in [0.1, 0.15) is 54.7 Å². The molecule has 1 N–H and O–H groups in total. The molecule has 1 aromatic carbocycles. The van der Waals surface area contributed by atoms with Crippen LogP contribution >= 0.6 is 0 Å². The zero-order valence-corrected chi connectivity index (χ0v) is 17.4. The number of benzene rings is 1. The summed E-state index contributed by atoms with van der Waals surface area (Å²) in [5.41, 5.74) is 5.20. The third-order valence-electron chi connectivity index (χ3n) is 5.79. The maximum absolute atomic E-state index is 13.5. The molecule has 1 aliphatic rings. The smallest absolute Gasteiger partial charge is 0.257 e. The molecule has 29 heavy (non-hydrogen) atoms. The molecule has 4 rings (SSSR count). The standard InChI is InChI=1S/C24H28N4O/c1-4-18-9-11-19(12-10-18)27-22-20-13-8-16(2)26-23(20)25-15-21(22)24(29)28-14-6-5-7-17(28)3/h8-13,15,17H,4-7,14H2,1-3H3,(H,25,26,27)/t17-/m0/s1. The summed E-state index contributed by atoms with van der Waals surface area (Å²) in [5, 5.41) is 4.36. The average Bonchev–Trinajstić information content (AvgIpc) is 2.74. The fraction of sp³-hybridized carbons (Fsp3) is 0.375. The Kier molecular flexibility index (Phi) is 5.47. The van der Waals surface area contributed by atoms with Gasteiger partial charge in [0.05, 0.1) is 11.3 Å². The molecule has 1 saturated heterocycles. The monoisotopic (exact) mass is 388 g/mol. The molecule has 2 aromatic heterocycles. The van der Waals surface area contributed by atoms with Crippen molar-refractivity contribution in [3.8, 4) is 0 Å². The van der Waals surface area contributed by atoms with E-state index in [4.69, 9.17) is 0 Å². The number of carbonyl (C=O) groups is 1. The van der Waals surface area contributed by atoms with Gasteiger partial charge in [-0.15, -0.1) is 0 Å². The molecule has 0 radical (unpaired) electrons. The molecule has 3 aromatic rings. The molecule has 0 aliphatic carbocycles. The summed E-state index contributed by atoms with van der Waals surface area (Å²) in [6.45, 7) is 7.03. The van der Waals surface area contributed by atoms with Crippen LogP contribution in [0, 0.1) is 6.92 Å². The maximum atomic E-state index is 13.5. The Morgan fingerprint density at radius 3 is 2.69 bits per heavy atom. The van der Waals surface area contributed by atoms with Crippen molar-refractivity contribution in [3.05, 3.63) is 59.4 Å². The van der Waals surface area contributed by atoms with E-state index in [0.29, 0.717) is 11.2 Å². The van der Waals surface area contributed by atoms with E-state index in [0.717, 1.165) is 48.3 Å². The van der Waals surface area contributed by atoms with Gasteiger partial charge in [-0.05, 0) is 69.4 Å². The fourth-order valence-corrected chi connectivity index (χ4v) is 3.99. The van der Waals surface area contributed by atoms with E-state index >= 15 is 0 Å². The van der Waals surface area contributed by atoms with Crippen molar-refractivity contribution in [2.45, 2.75) is 52.5 Å². The number of rotatable bonds is 4.